The van der Waals surface area contributed by atoms with Gasteiger partial charge in [0.1, 0.15) is 12.0 Å². The van der Waals surface area contributed by atoms with Gasteiger partial charge in [0.2, 0.25) is 6.10 Å². The van der Waals surface area contributed by atoms with Gasteiger partial charge < -0.3 is 44.8 Å². The van der Waals surface area contributed by atoms with E-state index in [-0.39, 0.29) is 34.8 Å². The van der Waals surface area contributed by atoms with E-state index in [4.69, 9.17) is 14.2 Å². The van der Waals surface area contributed by atoms with Crippen molar-refractivity contribution in [2.75, 3.05) is 7.11 Å². The van der Waals surface area contributed by atoms with Crippen LogP contribution in [0.3, 0.4) is 0 Å². The number of phenols is 5. The molecule has 0 radical (unpaired) electrons. The number of carboxylic acid groups (broad SMARTS) is 1. The smallest absolute Gasteiger partial charge is 0.345 e. The molecule has 6 N–H and O–H groups in total. The van der Waals surface area contributed by atoms with Crippen molar-refractivity contribution in [1.82, 2.24) is 0 Å². The van der Waals surface area contributed by atoms with Gasteiger partial charge in [-0.15, -0.1) is 0 Å². The van der Waals surface area contributed by atoms with Crippen molar-refractivity contribution >= 4 is 24.0 Å². The van der Waals surface area contributed by atoms with Gasteiger partial charge >= 0.3 is 17.9 Å². The summed E-state index contributed by atoms with van der Waals surface area (Å²) in [5.74, 6) is -6.46. The number of rotatable bonds is 8. The lowest BCUT2D eigenvalue weighted by atomic mass is 9.87. The summed E-state index contributed by atoms with van der Waals surface area (Å²) in [6.07, 6.45) is -0.798. The molecule has 0 fully saturated rings. The molecule has 3 aromatic rings. The molecule has 4 rings (SSSR count). The minimum Gasteiger partial charge on any atom is -0.504 e. The Kier molecular flexibility index (Phi) is 7.71. The summed E-state index contributed by atoms with van der Waals surface area (Å²) < 4.78 is 15.9. The van der Waals surface area contributed by atoms with Gasteiger partial charge in [-0.2, -0.15) is 0 Å². The number of methoxy groups -OCH3 is 1. The summed E-state index contributed by atoms with van der Waals surface area (Å²) in [7, 11) is 1.15. The molecule has 0 amide bonds. The van der Waals surface area contributed by atoms with Crippen LogP contribution in [0.25, 0.3) is 6.08 Å². The van der Waals surface area contributed by atoms with Crippen molar-refractivity contribution in [2.45, 2.75) is 24.5 Å². The molecular formula is C28H24O12. The maximum absolute atomic E-state index is 12.8. The SMILES string of the molecule is COC(=O)[C@@H]1c2c(C=CC(=O)O[C@@H](Cc3ccc(O)c(O)c3)C(=O)O)ccc(O)c2O[C@@H]1c1ccc(O)c(O)c1. The number of carboxylic acids is 1. The zero-order valence-electron chi connectivity index (χ0n) is 20.8. The molecule has 3 aromatic carbocycles. The minimum atomic E-state index is -1.62. The van der Waals surface area contributed by atoms with Crippen molar-refractivity contribution in [1.29, 1.82) is 0 Å². The van der Waals surface area contributed by atoms with Gasteiger partial charge in [0.15, 0.2) is 34.5 Å². The molecule has 0 saturated carbocycles. The lowest BCUT2D eigenvalue weighted by Gasteiger charge is -2.18. The zero-order valence-corrected chi connectivity index (χ0v) is 20.8. The van der Waals surface area contributed by atoms with Crippen LogP contribution in [0.4, 0.5) is 0 Å². The maximum Gasteiger partial charge on any atom is 0.345 e. The number of benzene rings is 3. The van der Waals surface area contributed by atoms with E-state index in [1.54, 1.807) is 0 Å². The Labute approximate surface area is 226 Å². The molecule has 12 nitrogen and oxygen atoms in total. The predicted octanol–water partition coefficient (Wildman–Crippen LogP) is 2.86. The second-order valence-corrected chi connectivity index (χ2v) is 8.83. The van der Waals surface area contributed by atoms with Crippen LogP contribution >= 0.6 is 0 Å². The monoisotopic (exact) mass is 552 g/mol. The third-order valence-electron chi connectivity index (χ3n) is 6.24. The van der Waals surface area contributed by atoms with Gasteiger partial charge in [-0.3, -0.25) is 4.79 Å². The Bertz CT molecular complexity index is 1510. The average Bonchev–Trinajstić information content (AvgIpc) is 3.33. The third kappa shape index (κ3) is 5.55. The standard InChI is InChI=1S/C28H24O12/c1-38-28(37)24-23-14(3-8-18(31)26(23)40-25(24)15-4-7-17(30)20(33)12-15)5-9-22(34)39-21(27(35)36)11-13-2-6-16(29)19(32)10-13/h2-10,12,21,24-25,29-33H,11H2,1H3,(H,35,36)/t21-,24+,25+/m0/s1. The first-order valence-corrected chi connectivity index (χ1v) is 11.7. The number of hydrogen-bond acceptors (Lipinski definition) is 11. The highest BCUT2D eigenvalue weighted by atomic mass is 16.6. The Morgan fingerprint density at radius 2 is 1.55 bits per heavy atom. The number of aromatic hydroxyl groups is 5. The minimum absolute atomic E-state index is 0.0703. The van der Waals surface area contributed by atoms with Crippen LogP contribution in [0.2, 0.25) is 0 Å². The highest BCUT2D eigenvalue weighted by Gasteiger charge is 2.44. The van der Waals surface area contributed by atoms with Crippen LogP contribution in [0.5, 0.6) is 34.5 Å². The number of esters is 2. The number of carbonyl (C=O) groups is 3. The number of hydrogen-bond donors (Lipinski definition) is 6. The molecule has 40 heavy (non-hydrogen) atoms. The van der Waals surface area contributed by atoms with E-state index in [2.05, 4.69) is 0 Å². The lowest BCUT2D eigenvalue weighted by Crippen LogP contribution is -2.28. The fraction of sp³-hybridized carbons (Fsp3) is 0.179. The first-order chi connectivity index (χ1) is 19.0. The van der Waals surface area contributed by atoms with Gasteiger partial charge in [-0.25, -0.2) is 9.59 Å². The Balaban J connectivity index is 1.61. The molecule has 0 aliphatic carbocycles. The fourth-order valence-corrected chi connectivity index (χ4v) is 4.31. The lowest BCUT2D eigenvalue weighted by molar-refractivity contribution is -0.160. The highest BCUT2D eigenvalue weighted by Crippen LogP contribution is 2.52. The van der Waals surface area contributed by atoms with Crippen LogP contribution in [-0.4, -0.2) is 61.8 Å². The van der Waals surface area contributed by atoms with E-state index in [0.29, 0.717) is 11.1 Å². The van der Waals surface area contributed by atoms with Crippen molar-refractivity contribution < 1.29 is 59.2 Å². The number of ether oxygens (including phenoxy) is 3. The maximum atomic E-state index is 12.8. The number of aliphatic carboxylic acids is 1. The van der Waals surface area contributed by atoms with E-state index >= 15 is 0 Å². The second kappa shape index (κ2) is 11.2. The average molecular weight is 552 g/mol. The molecule has 208 valence electrons. The van der Waals surface area contributed by atoms with Crippen LogP contribution < -0.4 is 4.74 Å². The van der Waals surface area contributed by atoms with E-state index in [9.17, 15) is 45.0 Å². The van der Waals surface area contributed by atoms with Crippen molar-refractivity contribution in [3.05, 3.63) is 76.9 Å². The van der Waals surface area contributed by atoms with E-state index in [1.807, 2.05) is 0 Å². The number of fused-ring (bicyclic) bond motifs is 1. The summed E-state index contributed by atoms with van der Waals surface area (Å²) in [5.41, 5.74) is 1.00. The van der Waals surface area contributed by atoms with E-state index < -0.39 is 53.3 Å². The molecule has 12 heteroatoms. The van der Waals surface area contributed by atoms with Crippen molar-refractivity contribution in [3.63, 3.8) is 0 Å². The normalized spacial score (nSPS) is 16.6. The molecule has 0 unspecified atom stereocenters. The summed E-state index contributed by atoms with van der Waals surface area (Å²) in [6.45, 7) is 0. The third-order valence-corrected chi connectivity index (χ3v) is 6.24. The molecule has 0 saturated heterocycles. The summed E-state index contributed by atoms with van der Waals surface area (Å²) >= 11 is 0. The Hall–Kier alpha value is -5.39. The fourth-order valence-electron chi connectivity index (χ4n) is 4.31. The molecule has 3 atom stereocenters. The van der Waals surface area contributed by atoms with Gasteiger partial charge in [-0.1, -0.05) is 18.2 Å². The van der Waals surface area contributed by atoms with Crippen molar-refractivity contribution in [3.8, 4) is 34.5 Å². The Morgan fingerprint density at radius 1 is 0.900 bits per heavy atom. The molecular weight excluding hydrogens is 528 g/mol. The first-order valence-electron chi connectivity index (χ1n) is 11.7. The number of carbonyl (C=O) groups excluding carboxylic acids is 2. The van der Waals surface area contributed by atoms with Gasteiger partial charge in [0, 0.05) is 18.1 Å². The summed E-state index contributed by atoms with van der Waals surface area (Å²) in [4.78, 5) is 37.1. The quantitative estimate of drug-likeness (QED) is 0.136. The molecule has 1 aliphatic heterocycles. The van der Waals surface area contributed by atoms with Gasteiger partial charge in [-0.05, 0) is 53.1 Å². The first kappa shape index (κ1) is 27.6. The molecule has 0 bridgehead atoms. The van der Waals surface area contributed by atoms with Crippen LogP contribution in [0, 0.1) is 0 Å². The zero-order chi connectivity index (χ0) is 29.1. The topological polar surface area (TPSA) is 200 Å². The Morgan fingerprint density at radius 3 is 2.17 bits per heavy atom. The van der Waals surface area contributed by atoms with Gasteiger partial charge in [0.05, 0.1) is 7.11 Å². The van der Waals surface area contributed by atoms with Crippen LogP contribution in [-0.2, 0) is 30.3 Å². The van der Waals surface area contributed by atoms with E-state index in [1.165, 1.54) is 48.5 Å². The number of phenolic OH excluding ortho intramolecular Hbond substituents is 5. The van der Waals surface area contributed by atoms with Crippen LogP contribution in [0.1, 0.15) is 34.3 Å². The molecule has 0 aromatic heterocycles. The second-order valence-electron chi connectivity index (χ2n) is 8.83. The van der Waals surface area contributed by atoms with Gasteiger partial charge in [0.25, 0.3) is 0 Å². The van der Waals surface area contributed by atoms with Crippen LogP contribution in [0.15, 0.2) is 54.6 Å². The van der Waals surface area contributed by atoms with E-state index in [0.717, 1.165) is 19.3 Å². The predicted molar refractivity (Wildman–Crippen MR) is 136 cm³/mol. The van der Waals surface area contributed by atoms with Crippen molar-refractivity contribution in [2.24, 2.45) is 0 Å². The largest absolute Gasteiger partial charge is 0.504 e. The summed E-state index contributed by atoms with van der Waals surface area (Å²) in [6, 6.07) is 10.2. The molecule has 1 aliphatic rings. The highest BCUT2D eigenvalue weighted by molar-refractivity contribution is 5.91. The summed E-state index contributed by atoms with van der Waals surface area (Å²) in [5, 5.41) is 58.6. The molecule has 0 spiro atoms. The molecule has 1 heterocycles.